The van der Waals surface area contributed by atoms with Crippen LogP contribution < -0.4 is 9.47 Å². The molecule has 0 fully saturated rings. The second kappa shape index (κ2) is 3.01. The fourth-order valence-corrected chi connectivity index (χ4v) is 1.27. The van der Waals surface area contributed by atoms with Crippen LogP contribution in [0.1, 0.15) is 0 Å². The van der Waals surface area contributed by atoms with Crippen LogP contribution in [0.2, 0.25) is 0 Å². The molecule has 2 rings (SSSR count). The number of furan rings is 1. The lowest BCUT2D eigenvalue weighted by molar-refractivity contribution is 0.410. The number of ether oxygens (including phenoxy) is 2. The number of methoxy groups -OCH3 is 2. The highest BCUT2D eigenvalue weighted by atomic mass is 16.5. The van der Waals surface area contributed by atoms with Crippen LogP contribution in [-0.4, -0.2) is 14.2 Å². The smallest absolute Gasteiger partial charge is 0.164 e. The Labute approximate surface area is 75.9 Å². The standard InChI is InChI=1S/C10H10O3/c1-11-7-3-4-8-9(5-7)13-6-10(8)12-2/h3-6H,1-2H3. The van der Waals surface area contributed by atoms with Gasteiger partial charge in [-0.15, -0.1) is 0 Å². The van der Waals surface area contributed by atoms with Crippen LogP contribution in [0.25, 0.3) is 11.0 Å². The Morgan fingerprint density at radius 3 is 2.69 bits per heavy atom. The summed E-state index contributed by atoms with van der Waals surface area (Å²) >= 11 is 0. The van der Waals surface area contributed by atoms with E-state index in [1.54, 1.807) is 20.5 Å². The van der Waals surface area contributed by atoms with Crippen molar-refractivity contribution in [3.63, 3.8) is 0 Å². The van der Waals surface area contributed by atoms with Gasteiger partial charge in [-0.25, -0.2) is 0 Å². The van der Waals surface area contributed by atoms with Crippen LogP contribution in [0.5, 0.6) is 11.5 Å². The summed E-state index contributed by atoms with van der Waals surface area (Å²) in [4.78, 5) is 0. The lowest BCUT2D eigenvalue weighted by atomic mass is 10.2. The zero-order valence-electron chi connectivity index (χ0n) is 7.53. The molecule has 0 aliphatic heterocycles. The van der Waals surface area contributed by atoms with Gasteiger partial charge in [0.25, 0.3) is 0 Å². The minimum atomic E-state index is 0.748. The average Bonchev–Trinajstić information content (AvgIpc) is 2.59. The molecule has 0 amide bonds. The average molecular weight is 178 g/mol. The SMILES string of the molecule is COc1ccc2c(OC)coc2c1. The molecule has 3 heteroatoms. The van der Waals surface area contributed by atoms with E-state index in [2.05, 4.69) is 0 Å². The first-order valence-corrected chi connectivity index (χ1v) is 3.94. The minimum Gasteiger partial charge on any atom is -0.497 e. The summed E-state index contributed by atoms with van der Waals surface area (Å²) < 4.78 is 15.4. The Morgan fingerprint density at radius 1 is 1.15 bits per heavy atom. The molecular weight excluding hydrogens is 168 g/mol. The third kappa shape index (κ3) is 1.22. The lowest BCUT2D eigenvalue weighted by Gasteiger charge is -1.98. The van der Waals surface area contributed by atoms with Crippen LogP contribution in [0, 0.1) is 0 Å². The Balaban J connectivity index is 2.61. The van der Waals surface area contributed by atoms with Crippen molar-refractivity contribution in [2.24, 2.45) is 0 Å². The third-order valence-corrected chi connectivity index (χ3v) is 1.97. The van der Waals surface area contributed by atoms with Crippen molar-refractivity contribution in [3.05, 3.63) is 24.5 Å². The fraction of sp³-hybridized carbons (Fsp3) is 0.200. The van der Waals surface area contributed by atoms with Crippen LogP contribution in [0.15, 0.2) is 28.9 Å². The van der Waals surface area contributed by atoms with E-state index >= 15 is 0 Å². The number of benzene rings is 1. The van der Waals surface area contributed by atoms with Crippen LogP contribution in [-0.2, 0) is 0 Å². The Kier molecular flexibility index (Phi) is 1.85. The lowest BCUT2D eigenvalue weighted by Crippen LogP contribution is -1.82. The molecule has 2 aromatic rings. The predicted molar refractivity (Wildman–Crippen MR) is 49.3 cm³/mol. The predicted octanol–water partition coefficient (Wildman–Crippen LogP) is 2.45. The number of rotatable bonds is 2. The van der Waals surface area contributed by atoms with Crippen molar-refractivity contribution in [2.45, 2.75) is 0 Å². The van der Waals surface area contributed by atoms with Gasteiger partial charge in [0.05, 0.1) is 19.6 Å². The Morgan fingerprint density at radius 2 is 2.00 bits per heavy atom. The summed E-state index contributed by atoms with van der Waals surface area (Å²) in [7, 11) is 3.25. The second-order valence-corrected chi connectivity index (χ2v) is 2.67. The zero-order valence-corrected chi connectivity index (χ0v) is 7.53. The molecule has 0 aliphatic carbocycles. The molecule has 0 saturated carbocycles. The summed E-state index contributed by atoms with van der Waals surface area (Å²) in [6.45, 7) is 0. The Bertz CT molecular complexity index is 417. The molecule has 0 N–H and O–H groups in total. The molecule has 68 valence electrons. The van der Waals surface area contributed by atoms with E-state index in [1.807, 2.05) is 18.2 Å². The first kappa shape index (κ1) is 7.98. The molecule has 0 bridgehead atoms. The highest BCUT2D eigenvalue weighted by Crippen LogP contribution is 2.30. The maximum atomic E-state index is 5.28. The van der Waals surface area contributed by atoms with Gasteiger partial charge in [-0.2, -0.15) is 0 Å². The molecule has 1 heterocycles. The molecule has 3 nitrogen and oxygen atoms in total. The zero-order chi connectivity index (χ0) is 9.26. The molecule has 1 aromatic heterocycles. The van der Waals surface area contributed by atoms with Gasteiger partial charge >= 0.3 is 0 Å². The van der Waals surface area contributed by atoms with E-state index in [9.17, 15) is 0 Å². The van der Waals surface area contributed by atoms with Gasteiger partial charge in [-0.1, -0.05) is 0 Å². The molecular formula is C10H10O3. The van der Waals surface area contributed by atoms with Crippen molar-refractivity contribution in [1.29, 1.82) is 0 Å². The van der Waals surface area contributed by atoms with Crippen molar-refractivity contribution in [3.8, 4) is 11.5 Å². The minimum absolute atomic E-state index is 0.748. The largest absolute Gasteiger partial charge is 0.497 e. The molecule has 0 radical (unpaired) electrons. The maximum absolute atomic E-state index is 5.28. The van der Waals surface area contributed by atoms with E-state index < -0.39 is 0 Å². The van der Waals surface area contributed by atoms with E-state index in [1.165, 1.54) is 0 Å². The molecule has 0 aliphatic rings. The quantitative estimate of drug-likeness (QED) is 0.707. The molecule has 0 unspecified atom stereocenters. The van der Waals surface area contributed by atoms with Crippen LogP contribution in [0.3, 0.4) is 0 Å². The van der Waals surface area contributed by atoms with Crippen molar-refractivity contribution >= 4 is 11.0 Å². The molecule has 1 aromatic carbocycles. The maximum Gasteiger partial charge on any atom is 0.164 e. The van der Waals surface area contributed by atoms with Gasteiger partial charge in [-0.05, 0) is 12.1 Å². The molecule has 0 atom stereocenters. The topological polar surface area (TPSA) is 31.6 Å². The fourth-order valence-electron chi connectivity index (χ4n) is 1.27. The van der Waals surface area contributed by atoms with Crippen molar-refractivity contribution in [1.82, 2.24) is 0 Å². The molecule has 0 saturated heterocycles. The van der Waals surface area contributed by atoms with Crippen molar-refractivity contribution < 1.29 is 13.9 Å². The highest BCUT2D eigenvalue weighted by molar-refractivity contribution is 5.85. The summed E-state index contributed by atoms with van der Waals surface area (Å²) in [6.07, 6.45) is 1.59. The first-order chi connectivity index (χ1) is 6.35. The van der Waals surface area contributed by atoms with Gasteiger partial charge in [0.15, 0.2) is 5.75 Å². The normalized spacial score (nSPS) is 10.3. The van der Waals surface area contributed by atoms with E-state index in [0.29, 0.717) is 0 Å². The van der Waals surface area contributed by atoms with Crippen molar-refractivity contribution in [2.75, 3.05) is 14.2 Å². The van der Waals surface area contributed by atoms with E-state index in [4.69, 9.17) is 13.9 Å². The molecule has 13 heavy (non-hydrogen) atoms. The number of hydrogen-bond donors (Lipinski definition) is 0. The highest BCUT2D eigenvalue weighted by Gasteiger charge is 2.05. The van der Waals surface area contributed by atoms with Gasteiger partial charge in [-0.3, -0.25) is 0 Å². The van der Waals surface area contributed by atoms with Crippen LogP contribution >= 0.6 is 0 Å². The van der Waals surface area contributed by atoms with Crippen LogP contribution in [0.4, 0.5) is 0 Å². The second-order valence-electron chi connectivity index (χ2n) is 2.67. The van der Waals surface area contributed by atoms with Gasteiger partial charge in [0, 0.05) is 6.07 Å². The summed E-state index contributed by atoms with van der Waals surface area (Å²) in [5.74, 6) is 1.53. The molecule has 0 spiro atoms. The number of hydrogen-bond acceptors (Lipinski definition) is 3. The van der Waals surface area contributed by atoms with E-state index in [0.717, 1.165) is 22.5 Å². The third-order valence-electron chi connectivity index (χ3n) is 1.97. The first-order valence-electron chi connectivity index (χ1n) is 3.94. The monoisotopic (exact) mass is 178 g/mol. The summed E-state index contributed by atoms with van der Waals surface area (Å²) in [6, 6.07) is 5.62. The number of fused-ring (bicyclic) bond motifs is 1. The van der Waals surface area contributed by atoms with Gasteiger partial charge < -0.3 is 13.9 Å². The van der Waals surface area contributed by atoms with Gasteiger partial charge in [0.1, 0.15) is 17.6 Å². The van der Waals surface area contributed by atoms with Gasteiger partial charge in [0.2, 0.25) is 0 Å². The Hall–Kier alpha value is -1.64. The summed E-state index contributed by atoms with van der Waals surface area (Å²) in [5.41, 5.74) is 0.774. The van der Waals surface area contributed by atoms with E-state index in [-0.39, 0.29) is 0 Å². The summed E-state index contributed by atoms with van der Waals surface area (Å²) in [5, 5.41) is 0.961.